The van der Waals surface area contributed by atoms with Crippen LogP contribution in [0.5, 0.6) is 0 Å². The van der Waals surface area contributed by atoms with Crippen LogP contribution in [0.4, 0.5) is 58.4 Å². The summed E-state index contributed by atoms with van der Waals surface area (Å²) in [7, 11) is -18.8. The number of nitrogens with zero attached hydrogens (tertiary/aromatic N) is 6. The zero-order valence-corrected chi connectivity index (χ0v) is 37.0. The van der Waals surface area contributed by atoms with E-state index in [2.05, 4.69) is 61.8 Å². The molecule has 0 radical (unpaired) electrons. The molecule has 25 nitrogen and oxygen atoms in total. The van der Waals surface area contributed by atoms with Crippen molar-refractivity contribution in [2.24, 2.45) is 0 Å². The Kier molecular flexibility index (Phi) is 14.7. The number of rotatable bonds is 20. The second kappa shape index (κ2) is 20.1. The molecule has 0 amide bonds. The second-order valence-electron chi connectivity index (χ2n) is 13.4. The lowest BCUT2D eigenvalue weighted by Gasteiger charge is -2.15. The van der Waals surface area contributed by atoms with Gasteiger partial charge in [0.1, 0.15) is 30.4 Å². The van der Waals surface area contributed by atoms with Gasteiger partial charge in [-0.1, -0.05) is 36.4 Å². The Balaban J connectivity index is 1.28. The Bertz CT molecular complexity index is 3060. The lowest BCUT2D eigenvalue weighted by molar-refractivity contribution is 0.310. The van der Waals surface area contributed by atoms with E-state index in [0.717, 1.165) is 36.6 Å². The van der Waals surface area contributed by atoms with Crippen LogP contribution in [0.1, 0.15) is 11.1 Å². The van der Waals surface area contributed by atoms with E-state index in [4.69, 9.17) is 0 Å². The minimum Gasteiger partial charge on any atom is -0.744 e. The summed E-state index contributed by atoms with van der Waals surface area (Å²) in [6.45, 7) is -0.609. The number of aliphatic hydroxyl groups is 2. The lowest BCUT2D eigenvalue weighted by atomic mass is 10.1. The van der Waals surface area contributed by atoms with Crippen LogP contribution in [0.2, 0.25) is 0 Å². The first kappa shape index (κ1) is 48.5. The minimum absolute atomic E-state index is 0.00477. The number of hydrogen-bond acceptors (Lipinski definition) is 25. The molecule has 29 heteroatoms. The zero-order valence-electron chi connectivity index (χ0n) is 33.8. The van der Waals surface area contributed by atoms with Gasteiger partial charge in [0.2, 0.25) is 35.7 Å². The highest BCUT2D eigenvalue weighted by Crippen LogP contribution is 2.29. The van der Waals surface area contributed by atoms with E-state index in [1.54, 1.807) is 0 Å². The van der Waals surface area contributed by atoms with Crippen LogP contribution in [0.3, 0.4) is 0 Å². The van der Waals surface area contributed by atoms with Crippen molar-refractivity contribution in [2.45, 2.75) is 19.6 Å². The molecule has 0 saturated heterocycles. The van der Waals surface area contributed by atoms with Crippen molar-refractivity contribution in [1.29, 1.82) is 0 Å². The summed E-state index contributed by atoms with van der Waals surface area (Å²) >= 11 is 0. The van der Waals surface area contributed by atoms with Gasteiger partial charge in [-0.2, -0.15) is 29.9 Å². The van der Waals surface area contributed by atoms with Crippen LogP contribution in [0, 0.1) is 0 Å². The molecule has 2 heterocycles. The van der Waals surface area contributed by atoms with E-state index in [9.17, 15) is 57.5 Å². The van der Waals surface area contributed by atoms with Crippen molar-refractivity contribution in [1.82, 2.24) is 29.9 Å². The normalized spacial score (nSPS) is 12.2. The molecule has 0 aliphatic rings. The number of nitrogens with one attached hydrogen (secondary N) is 6. The molecule has 2 aromatic heterocycles. The molecule has 348 valence electrons. The van der Waals surface area contributed by atoms with Gasteiger partial charge in [-0.15, -0.1) is 0 Å². The van der Waals surface area contributed by atoms with Crippen LogP contribution in [0.25, 0.3) is 12.2 Å². The minimum atomic E-state index is -5.19. The van der Waals surface area contributed by atoms with E-state index < -0.39 is 54.9 Å². The Morgan fingerprint density at radius 3 is 1.17 bits per heavy atom. The summed E-state index contributed by atoms with van der Waals surface area (Å²) in [5.74, 6) is -0.825. The molecule has 8 N–H and O–H groups in total. The van der Waals surface area contributed by atoms with Crippen LogP contribution >= 0.6 is 0 Å². The molecule has 6 aromatic rings. The van der Waals surface area contributed by atoms with E-state index >= 15 is 0 Å². The molecule has 66 heavy (non-hydrogen) atoms. The van der Waals surface area contributed by atoms with Crippen LogP contribution in [-0.4, -0.2) is 120 Å². The predicted octanol–water partition coefficient (Wildman–Crippen LogP) is 2.13. The average molecular weight is 984 g/mol. The Morgan fingerprint density at radius 1 is 0.470 bits per heavy atom. The smallest absolute Gasteiger partial charge is 0.233 e. The first-order valence-corrected chi connectivity index (χ1v) is 24.7. The quantitative estimate of drug-likeness (QED) is 0.0401. The Morgan fingerprint density at radius 2 is 0.818 bits per heavy atom. The third-order valence-corrected chi connectivity index (χ3v) is 12.2. The molecule has 0 spiro atoms. The maximum Gasteiger partial charge on any atom is 0.233 e. The first-order valence-electron chi connectivity index (χ1n) is 18.6. The van der Waals surface area contributed by atoms with Gasteiger partial charge >= 0.3 is 0 Å². The predicted molar refractivity (Wildman–Crippen MR) is 236 cm³/mol. The number of anilines is 10. The Hall–Kier alpha value is -6.96. The van der Waals surface area contributed by atoms with Crippen molar-refractivity contribution in [3.63, 3.8) is 0 Å². The number of hydrogen-bond donors (Lipinski definition) is 8. The van der Waals surface area contributed by atoms with Gasteiger partial charge in [-0.05, 0) is 71.8 Å². The molecule has 0 aliphatic carbocycles. The summed E-state index contributed by atoms with van der Waals surface area (Å²) in [6.07, 6.45) is 3.40. The molecular weight excluding hydrogens is 949 g/mol. The molecule has 0 aliphatic heterocycles. The van der Waals surface area contributed by atoms with Crippen molar-refractivity contribution in [3.8, 4) is 0 Å². The molecule has 0 unspecified atom stereocenters. The monoisotopic (exact) mass is 983 g/mol. The van der Waals surface area contributed by atoms with Gasteiger partial charge in [0, 0.05) is 42.1 Å². The highest BCUT2D eigenvalue weighted by molar-refractivity contribution is 7.90. The molecule has 6 rings (SSSR count). The highest BCUT2D eigenvalue weighted by Gasteiger charge is 2.17. The topological polar surface area (TPSA) is 396 Å². The zero-order chi connectivity index (χ0) is 47.9. The fourth-order valence-corrected chi connectivity index (χ4v) is 8.30. The highest BCUT2D eigenvalue weighted by atomic mass is 32.2. The maximum atomic E-state index is 13.1. The number of aliphatic hydroxyl groups excluding tert-OH is 2. The molecule has 0 bridgehead atoms. The number of benzene rings is 4. The first-order chi connectivity index (χ1) is 31.1. The fourth-order valence-electron chi connectivity index (χ4n) is 5.66. The summed E-state index contributed by atoms with van der Waals surface area (Å²) in [6, 6.07) is 17.5. The van der Waals surface area contributed by atoms with Gasteiger partial charge in [0.25, 0.3) is 0 Å². The van der Waals surface area contributed by atoms with Gasteiger partial charge in [-0.3, -0.25) is 0 Å². The molecule has 0 atom stereocenters. The largest absolute Gasteiger partial charge is 0.744 e. The van der Waals surface area contributed by atoms with Crippen LogP contribution in [-0.2, 0) is 40.2 Å². The fraction of sp³-hybridized carbons (Fsp3) is 0.135. The maximum absolute atomic E-state index is 13.1. The van der Waals surface area contributed by atoms with Gasteiger partial charge in [0.15, 0.2) is 9.84 Å². The SMILES string of the molecule is CS(=O)(=O)c1cc(Nc2nc(NCCO)nc(Nc3cccc(S(=O)(=O)[O-])c3)n2)ccc1/C=C/c1ccc(Nc2nc(NCCO)nc(Nc3cccc(S(=O)(=O)[O-])c3)n2)cc1S(=O)(=O)[O-]. The van der Waals surface area contributed by atoms with E-state index in [1.165, 1.54) is 66.7 Å². The van der Waals surface area contributed by atoms with Gasteiger partial charge in [0.05, 0.1) is 32.8 Å². The van der Waals surface area contributed by atoms with E-state index in [-0.39, 0.29) is 101 Å². The molecule has 0 fully saturated rings. The lowest BCUT2D eigenvalue weighted by Crippen LogP contribution is -2.12. The molecular formula is C37H35N12O13S4-3. The van der Waals surface area contributed by atoms with E-state index in [1.807, 2.05) is 0 Å². The van der Waals surface area contributed by atoms with E-state index in [0.29, 0.717) is 0 Å². The molecule has 4 aromatic carbocycles. The second-order valence-corrected chi connectivity index (χ2v) is 19.5. The summed E-state index contributed by atoms with van der Waals surface area (Å²) in [4.78, 5) is 23.1. The van der Waals surface area contributed by atoms with Crippen molar-refractivity contribution in [2.75, 3.05) is 64.5 Å². The van der Waals surface area contributed by atoms with Crippen molar-refractivity contribution in [3.05, 3.63) is 96.1 Å². The molecule has 0 saturated carbocycles. The summed E-state index contributed by atoms with van der Waals surface area (Å²) in [5.41, 5.74) is 0.305. The standard InChI is InChI=1S/C37H38N12O13S4/c1-63(52,53)30-20-26(42-36-46-32(38-14-16-50)44-34(48-36)40-24-4-2-6-28(18-24)64(54,55)56)12-10-22(30)8-9-23-11-13-27(21-31(23)66(60,61)62)43-37-47-33(39-15-17-51)45-35(49-37)41-25-5-3-7-29(19-25)65(57,58)59/h2-13,18-21,50-51H,14-17H2,1H3,(H,54,55,56)(H,57,58,59)(H,60,61,62)(H3,38,40,42,44,46,48)(H3,39,41,43,45,47,49)/p-3/b9-8+. The van der Waals surface area contributed by atoms with Gasteiger partial charge in [-0.25, -0.2) is 33.7 Å². The van der Waals surface area contributed by atoms with Crippen molar-refractivity contribution >= 4 is 111 Å². The average Bonchev–Trinajstić information content (AvgIpc) is 3.23. The third-order valence-electron chi connectivity index (χ3n) is 8.47. The number of sulfone groups is 1. The summed E-state index contributed by atoms with van der Waals surface area (Å²) in [5, 5.41) is 35.2. The number of aromatic nitrogens is 6. The van der Waals surface area contributed by atoms with Crippen LogP contribution in [0.15, 0.2) is 105 Å². The van der Waals surface area contributed by atoms with Gasteiger partial charge < -0.3 is 55.8 Å². The van der Waals surface area contributed by atoms with Crippen LogP contribution < -0.4 is 31.9 Å². The third kappa shape index (κ3) is 13.3. The summed E-state index contributed by atoms with van der Waals surface area (Å²) < 4.78 is 133. The van der Waals surface area contributed by atoms with Crippen molar-refractivity contribution < 1.29 is 57.5 Å². The Labute approximate surface area is 376 Å².